The lowest BCUT2D eigenvalue weighted by Gasteiger charge is -2.12. The average Bonchev–Trinajstić information content (AvgIpc) is 3.16. The van der Waals surface area contributed by atoms with Crippen molar-refractivity contribution in [2.24, 2.45) is 5.10 Å². The van der Waals surface area contributed by atoms with Gasteiger partial charge in [-0.15, -0.1) is 11.3 Å². The van der Waals surface area contributed by atoms with Gasteiger partial charge in [0.15, 0.2) is 11.5 Å². The van der Waals surface area contributed by atoms with Crippen LogP contribution in [0.15, 0.2) is 58.6 Å². The summed E-state index contributed by atoms with van der Waals surface area (Å²) in [7, 11) is 1.52. The maximum absolute atomic E-state index is 12.4. The first-order chi connectivity index (χ1) is 14.4. The summed E-state index contributed by atoms with van der Waals surface area (Å²) in [6, 6.07) is 9.56. The van der Waals surface area contributed by atoms with Crippen molar-refractivity contribution in [2.45, 2.75) is 0 Å². The van der Waals surface area contributed by atoms with Gasteiger partial charge in [-0.2, -0.15) is 5.10 Å². The molecule has 8 nitrogen and oxygen atoms in total. The number of nitrogens with one attached hydrogen (secondary N) is 1. The SMILES string of the molecule is C=CCOc1c(Br)cc(C=NNC(=O)c2cc3cc([N+](=O)[O-])ccc3s2)cc1OC. The highest BCUT2D eigenvalue weighted by Crippen LogP contribution is 2.36. The molecule has 0 fully saturated rings. The van der Waals surface area contributed by atoms with Crippen molar-refractivity contribution in [3.8, 4) is 11.5 Å². The zero-order chi connectivity index (χ0) is 21.7. The highest BCUT2D eigenvalue weighted by atomic mass is 79.9. The second kappa shape index (κ2) is 9.51. The van der Waals surface area contributed by atoms with Gasteiger partial charge in [0.1, 0.15) is 6.61 Å². The predicted octanol–water partition coefficient (Wildman–Crippen LogP) is 4.91. The number of methoxy groups -OCH3 is 1. The first-order valence-electron chi connectivity index (χ1n) is 8.55. The maximum atomic E-state index is 12.4. The molecule has 0 aliphatic carbocycles. The first-order valence-corrected chi connectivity index (χ1v) is 10.2. The Balaban J connectivity index is 1.74. The molecule has 1 heterocycles. The molecule has 3 aromatic rings. The molecule has 0 aliphatic heterocycles. The van der Waals surface area contributed by atoms with Crippen molar-refractivity contribution in [1.82, 2.24) is 5.43 Å². The number of fused-ring (bicyclic) bond motifs is 1. The van der Waals surface area contributed by atoms with Crippen LogP contribution in [0.5, 0.6) is 11.5 Å². The molecule has 0 saturated heterocycles. The Bertz CT molecular complexity index is 1160. The van der Waals surface area contributed by atoms with E-state index in [-0.39, 0.29) is 5.69 Å². The summed E-state index contributed by atoms with van der Waals surface area (Å²) < 4.78 is 12.4. The molecule has 0 bridgehead atoms. The van der Waals surface area contributed by atoms with E-state index < -0.39 is 10.8 Å². The van der Waals surface area contributed by atoms with Crippen molar-refractivity contribution in [2.75, 3.05) is 13.7 Å². The predicted molar refractivity (Wildman–Crippen MR) is 120 cm³/mol. The molecular formula is C20H16BrN3O5S. The van der Waals surface area contributed by atoms with E-state index in [0.717, 1.165) is 4.70 Å². The van der Waals surface area contributed by atoms with Crippen LogP contribution in [0, 0.1) is 10.1 Å². The molecule has 1 aromatic heterocycles. The third-order valence-electron chi connectivity index (χ3n) is 3.91. The Morgan fingerprint density at radius 1 is 1.37 bits per heavy atom. The number of rotatable bonds is 8. The summed E-state index contributed by atoms with van der Waals surface area (Å²) in [5.41, 5.74) is 3.11. The smallest absolute Gasteiger partial charge is 0.281 e. The lowest BCUT2D eigenvalue weighted by atomic mass is 10.2. The van der Waals surface area contributed by atoms with E-state index in [1.54, 1.807) is 30.3 Å². The Hall–Kier alpha value is -3.24. The van der Waals surface area contributed by atoms with Crippen molar-refractivity contribution in [3.63, 3.8) is 0 Å². The molecule has 1 N–H and O–H groups in total. The standard InChI is InChI=1S/C20H16BrN3O5S/c1-3-6-29-19-15(21)7-12(8-16(19)28-2)11-22-23-20(25)18-10-13-9-14(24(26)27)4-5-17(13)30-18/h3-5,7-11H,1,6H2,2H3,(H,23,25). The molecule has 0 saturated carbocycles. The topological polar surface area (TPSA) is 103 Å². The molecule has 10 heteroatoms. The van der Waals surface area contributed by atoms with Crippen molar-refractivity contribution < 1.29 is 19.2 Å². The number of amides is 1. The van der Waals surface area contributed by atoms with Crippen LogP contribution in [-0.2, 0) is 0 Å². The Morgan fingerprint density at radius 2 is 2.17 bits per heavy atom. The average molecular weight is 490 g/mol. The molecule has 154 valence electrons. The van der Waals surface area contributed by atoms with E-state index in [0.29, 0.717) is 38.4 Å². The van der Waals surface area contributed by atoms with Crippen LogP contribution in [0.2, 0.25) is 0 Å². The van der Waals surface area contributed by atoms with Gasteiger partial charge in [-0.1, -0.05) is 12.7 Å². The summed E-state index contributed by atoms with van der Waals surface area (Å²) >= 11 is 4.66. The van der Waals surface area contributed by atoms with Crippen LogP contribution in [0.3, 0.4) is 0 Å². The highest BCUT2D eigenvalue weighted by Gasteiger charge is 2.13. The molecule has 1 amide bonds. The fourth-order valence-electron chi connectivity index (χ4n) is 2.57. The number of nitrogens with zero attached hydrogens (tertiary/aromatic N) is 2. The van der Waals surface area contributed by atoms with Gasteiger partial charge in [-0.25, -0.2) is 5.43 Å². The summed E-state index contributed by atoms with van der Waals surface area (Å²) in [5.74, 6) is 0.634. The first kappa shape index (κ1) is 21.5. The van der Waals surface area contributed by atoms with Gasteiger partial charge in [-0.3, -0.25) is 14.9 Å². The number of carbonyl (C=O) groups excluding carboxylic acids is 1. The van der Waals surface area contributed by atoms with Gasteiger partial charge in [0.05, 0.1) is 27.6 Å². The number of ether oxygens (including phenoxy) is 2. The number of hydrogen-bond donors (Lipinski definition) is 1. The number of thiophene rings is 1. The minimum absolute atomic E-state index is 0.0229. The third-order valence-corrected chi connectivity index (χ3v) is 5.62. The van der Waals surface area contributed by atoms with E-state index in [1.165, 1.54) is 36.8 Å². The quantitative estimate of drug-likeness (QED) is 0.209. The fraction of sp³-hybridized carbons (Fsp3) is 0.100. The number of nitro groups is 1. The number of hydrogen-bond acceptors (Lipinski definition) is 7. The number of halogens is 1. The van der Waals surface area contributed by atoms with Crippen LogP contribution in [0.4, 0.5) is 5.69 Å². The van der Waals surface area contributed by atoms with Crippen LogP contribution in [0.25, 0.3) is 10.1 Å². The van der Waals surface area contributed by atoms with Crippen molar-refractivity contribution >= 4 is 55.2 Å². The zero-order valence-corrected chi connectivity index (χ0v) is 18.2. The molecule has 2 aromatic carbocycles. The number of carbonyl (C=O) groups is 1. The zero-order valence-electron chi connectivity index (χ0n) is 15.8. The highest BCUT2D eigenvalue weighted by molar-refractivity contribution is 9.10. The van der Waals surface area contributed by atoms with Crippen molar-refractivity contribution in [3.05, 3.63) is 74.1 Å². The molecule has 0 radical (unpaired) electrons. The Labute approximate surface area is 184 Å². The molecule has 0 atom stereocenters. The van der Waals surface area contributed by atoms with Gasteiger partial charge >= 0.3 is 0 Å². The minimum atomic E-state index is -0.471. The van der Waals surface area contributed by atoms with Gasteiger partial charge in [0, 0.05) is 22.2 Å². The van der Waals surface area contributed by atoms with Gasteiger partial charge < -0.3 is 9.47 Å². The van der Waals surface area contributed by atoms with E-state index in [1.807, 2.05) is 0 Å². The van der Waals surface area contributed by atoms with Crippen LogP contribution >= 0.6 is 27.3 Å². The normalized spacial score (nSPS) is 10.9. The third kappa shape index (κ3) is 4.84. The van der Waals surface area contributed by atoms with E-state index in [9.17, 15) is 14.9 Å². The number of nitro benzene ring substituents is 1. The second-order valence-electron chi connectivity index (χ2n) is 5.92. The minimum Gasteiger partial charge on any atom is -0.493 e. The summed E-state index contributed by atoms with van der Waals surface area (Å²) in [6.45, 7) is 3.94. The van der Waals surface area contributed by atoms with Crippen LogP contribution < -0.4 is 14.9 Å². The summed E-state index contributed by atoms with van der Waals surface area (Å²) in [5, 5.41) is 15.5. The van der Waals surface area contributed by atoms with E-state index in [4.69, 9.17) is 9.47 Å². The second-order valence-corrected chi connectivity index (χ2v) is 7.86. The molecule has 0 spiro atoms. The summed E-state index contributed by atoms with van der Waals surface area (Å²) in [4.78, 5) is 23.2. The van der Waals surface area contributed by atoms with Crippen LogP contribution in [0.1, 0.15) is 15.2 Å². The summed E-state index contributed by atoms with van der Waals surface area (Å²) in [6.07, 6.45) is 3.10. The Morgan fingerprint density at radius 3 is 2.87 bits per heavy atom. The molecule has 0 aliphatic rings. The van der Waals surface area contributed by atoms with Crippen molar-refractivity contribution in [1.29, 1.82) is 0 Å². The number of non-ortho nitro benzene ring substituents is 1. The maximum Gasteiger partial charge on any atom is 0.281 e. The largest absolute Gasteiger partial charge is 0.493 e. The van der Waals surface area contributed by atoms with Gasteiger partial charge in [-0.05, 0) is 45.8 Å². The van der Waals surface area contributed by atoms with Crippen LogP contribution in [-0.4, -0.2) is 30.8 Å². The monoisotopic (exact) mass is 489 g/mol. The van der Waals surface area contributed by atoms with E-state index >= 15 is 0 Å². The van der Waals surface area contributed by atoms with Gasteiger partial charge in [0.25, 0.3) is 11.6 Å². The Kier molecular flexibility index (Phi) is 6.80. The number of benzene rings is 2. The molecule has 3 rings (SSSR count). The van der Waals surface area contributed by atoms with E-state index in [2.05, 4.69) is 33.0 Å². The fourth-order valence-corrected chi connectivity index (χ4v) is 4.08. The van der Waals surface area contributed by atoms with Gasteiger partial charge in [0.2, 0.25) is 0 Å². The lowest BCUT2D eigenvalue weighted by Crippen LogP contribution is -2.16. The lowest BCUT2D eigenvalue weighted by molar-refractivity contribution is -0.384. The molecule has 0 unspecified atom stereocenters. The molecule has 30 heavy (non-hydrogen) atoms. The molecular weight excluding hydrogens is 474 g/mol. The number of hydrazone groups is 1.